The second-order valence-corrected chi connectivity index (χ2v) is 8.05. The zero-order valence-electron chi connectivity index (χ0n) is 16.4. The lowest BCUT2D eigenvalue weighted by molar-refractivity contribution is -0.137. The average molecular weight is 427 g/mol. The molecule has 0 saturated carbocycles. The summed E-state index contributed by atoms with van der Waals surface area (Å²) in [7, 11) is 1.78. The van der Waals surface area contributed by atoms with E-state index in [1.54, 1.807) is 17.7 Å². The maximum Gasteiger partial charge on any atom is 0.416 e. The highest BCUT2D eigenvalue weighted by molar-refractivity contribution is 7.99. The molecule has 0 aliphatic carbocycles. The molecule has 1 saturated heterocycles. The van der Waals surface area contributed by atoms with E-state index in [9.17, 15) is 18.0 Å². The van der Waals surface area contributed by atoms with Gasteiger partial charge in [0.15, 0.2) is 11.0 Å². The van der Waals surface area contributed by atoms with Gasteiger partial charge < -0.3 is 14.8 Å². The second kappa shape index (κ2) is 9.06. The van der Waals surface area contributed by atoms with Crippen LogP contribution < -0.4 is 5.32 Å². The van der Waals surface area contributed by atoms with E-state index < -0.39 is 11.7 Å². The number of nitrogens with one attached hydrogen (secondary N) is 1. The van der Waals surface area contributed by atoms with Gasteiger partial charge in [0.1, 0.15) is 0 Å². The molecule has 10 heteroatoms. The van der Waals surface area contributed by atoms with Crippen LogP contribution in [0.4, 0.5) is 18.9 Å². The minimum atomic E-state index is -4.38. The quantitative estimate of drug-likeness (QED) is 0.708. The van der Waals surface area contributed by atoms with Gasteiger partial charge in [-0.25, -0.2) is 0 Å². The van der Waals surface area contributed by atoms with Gasteiger partial charge in [0, 0.05) is 25.3 Å². The molecule has 29 heavy (non-hydrogen) atoms. The van der Waals surface area contributed by atoms with Gasteiger partial charge in [0.05, 0.1) is 17.9 Å². The molecule has 1 fully saturated rings. The number of amides is 1. The molecule has 1 atom stereocenters. The number of benzene rings is 1. The van der Waals surface area contributed by atoms with Crippen LogP contribution in [-0.4, -0.2) is 43.9 Å². The van der Waals surface area contributed by atoms with E-state index in [0.717, 1.165) is 37.9 Å². The first-order valence-electron chi connectivity index (χ1n) is 9.47. The normalized spacial score (nSPS) is 17.4. The molecule has 1 aromatic heterocycles. The smallest absolute Gasteiger partial charge is 0.378 e. The minimum Gasteiger partial charge on any atom is -0.378 e. The van der Waals surface area contributed by atoms with Crippen molar-refractivity contribution < 1.29 is 18.0 Å². The van der Waals surface area contributed by atoms with Gasteiger partial charge in [-0.15, -0.1) is 10.2 Å². The van der Waals surface area contributed by atoms with Gasteiger partial charge in [-0.3, -0.25) is 4.79 Å². The topological polar surface area (TPSA) is 63.1 Å². The third-order valence-electron chi connectivity index (χ3n) is 5.01. The molecule has 1 aromatic carbocycles. The molecule has 0 spiro atoms. The number of likely N-dealkylation sites (tertiary alicyclic amines) is 1. The number of nitrogens with zero attached hydrogens (tertiary/aromatic N) is 4. The van der Waals surface area contributed by atoms with E-state index in [1.165, 1.54) is 17.8 Å². The Labute approximate surface area is 171 Å². The Kier molecular flexibility index (Phi) is 6.71. The van der Waals surface area contributed by atoms with E-state index in [0.29, 0.717) is 16.7 Å². The van der Waals surface area contributed by atoms with Gasteiger partial charge >= 0.3 is 6.18 Å². The highest BCUT2D eigenvalue weighted by atomic mass is 32.2. The summed E-state index contributed by atoms with van der Waals surface area (Å²) in [6.07, 6.45) is -1.16. The maximum atomic E-state index is 12.8. The largest absolute Gasteiger partial charge is 0.416 e. The number of carbonyl (C=O) groups is 1. The Morgan fingerprint density at radius 3 is 2.83 bits per heavy atom. The Balaban J connectivity index is 1.56. The molecule has 2 heterocycles. The fourth-order valence-electron chi connectivity index (χ4n) is 3.29. The highest BCUT2D eigenvalue weighted by Crippen LogP contribution is 2.30. The van der Waals surface area contributed by atoms with E-state index in [1.807, 2.05) is 4.90 Å². The number of hydrogen-bond acceptors (Lipinski definition) is 5. The first-order chi connectivity index (χ1) is 13.8. The van der Waals surface area contributed by atoms with Gasteiger partial charge in [-0.2, -0.15) is 13.2 Å². The van der Waals surface area contributed by atoms with Crippen LogP contribution in [0.3, 0.4) is 0 Å². The van der Waals surface area contributed by atoms with Crippen molar-refractivity contribution in [2.45, 2.75) is 50.1 Å². The molecule has 1 amide bonds. The summed E-state index contributed by atoms with van der Waals surface area (Å²) in [5.74, 6) is 0.953. The van der Waals surface area contributed by atoms with E-state index in [4.69, 9.17) is 0 Å². The molecule has 0 radical (unpaired) electrons. The summed E-state index contributed by atoms with van der Waals surface area (Å²) in [5, 5.41) is 11.7. The predicted octanol–water partition coefficient (Wildman–Crippen LogP) is 3.94. The molecular weight excluding hydrogens is 403 g/mol. The molecule has 1 aliphatic heterocycles. The molecular formula is C19H24F3N5OS. The van der Waals surface area contributed by atoms with E-state index >= 15 is 0 Å². The van der Waals surface area contributed by atoms with Crippen LogP contribution in [0.2, 0.25) is 0 Å². The van der Waals surface area contributed by atoms with E-state index in [-0.39, 0.29) is 24.2 Å². The van der Waals surface area contributed by atoms with Crippen molar-refractivity contribution in [2.24, 2.45) is 7.05 Å². The lowest BCUT2D eigenvalue weighted by Crippen LogP contribution is -2.42. The number of anilines is 1. The number of rotatable bonds is 6. The third-order valence-corrected chi connectivity index (χ3v) is 6.02. The molecule has 6 nitrogen and oxygen atoms in total. The number of halogens is 3. The number of carbonyl (C=O) groups excluding carboxylic acids is 1. The van der Waals surface area contributed by atoms with Crippen LogP contribution in [0.5, 0.6) is 0 Å². The van der Waals surface area contributed by atoms with Crippen LogP contribution in [-0.2, 0) is 24.6 Å². The van der Waals surface area contributed by atoms with Crippen molar-refractivity contribution in [2.75, 3.05) is 17.6 Å². The van der Waals surface area contributed by atoms with Crippen LogP contribution in [0, 0.1) is 0 Å². The Hall–Kier alpha value is -2.23. The molecule has 1 aliphatic rings. The standard InChI is InChI=1S/C19H24F3N5OS/c1-13-6-3-4-9-27(13)17(28)12-29-18-25-24-16(26(18)2)11-23-15-8-5-7-14(10-15)19(20,21)22/h5,7-8,10,13,23H,3-4,6,9,11-12H2,1-2H3. The number of thioether (sulfide) groups is 1. The van der Waals surface area contributed by atoms with Crippen LogP contribution in [0.15, 0.2) is 29.4 Å². The maximum absolute atomic E-state index is 12.8. The van der Waals surface area contributed by atoms with Crippen LogP contribution in [0.1, 0.15) is 37.6 Å². The van der Waals surface area contributed by atoms with Crippen LogP contribution >= 0.6 is 11.8 Å². The van der Waals surface area contributed by atoms with Crippen LogP contribution in [0.25, 0.3) is 0 Å². The van der Waals surface area contributed by atoms with Crippen molar-refractivity contribution in [1.82, 2.24) is 19.7 Å². The second-order valence-electron chi connectivity index (χ2n) is 7.11. The SMILES string of the molecule is CC1CCCCN1C(=O)CSc1nnc(CNc2cccc(C(F)(F)F)c2)n1C. The number of hydrogen-bond donors (Lipinski definition) is 1. The van der Waals surface area contributed by atoms with Crippen molar-refractivity contribution in [1.29, 1.82) is 0 Å². The highest BCUT2D eigenvalue weighted by Gasteiger charge is 2.30. The van der Waals surface area contributed by atoms with Gasteiger partial charge in [0.25, 0.3) is 0 Å². The summed E-state index contributed by atoms with van der Waals surface area (Å²) in [6, 6.07) is 5.28. The zero-order valence-corrected chi connectivity index (χ0v) is 17.2. The number of piperidine rings is 1. The zero-order chi connectivity index (χ0) is 21.0. The number of alkyl halides is 3. The first-order valence-corrected chi connectivity index (χ1v) is 10.5. The monoisotopic (exact) mass is 427 g/mol. The fourth-order valence-corrected chi connectivity index (χ4v) is 4.11. The summed E-state index contributed by atoms with van der Waals surface area (Å²) < 4.78 is 40.2. The van der Waals surface area contributed by atoms with Crippen molar-refractivity contribution in [3.63, 3.8) is 0 Å². The summed E-state index contributed by atoms with van der Waals surface area (Å²) in [6.45, 7) is 3.09. The first kappa shape index (κ1) is 21.5. The molecule has 158 valence electrons. The molecule has 2 aromatic rings. The summed E-state index contributed by atoms with van der Waals surface area (Å²) in [5.41, 5.74) is -0.353. The summed E-state index contributed by atoms with van der Waals surface area (Å²) >= 11 is 1.32. The molecule has 1 N–H and O–H groups in total. The van der Waals surface area contributed by atoms with Gasteiger partial charge in [0.2, 0.25) is 5.91 Å². The molecule has 3 rings (SSSR count). The lowest BCUT2D eigenvalue weighted by Gasteiger charge is -2.33. The van der Waals surface area contributed by atoms with Crippen molar-refractivity contribution in [3.8, 4) is 0 Å². The van der Waals surface area contributed by atoms with Crippen molar-refractivity contribution >= 4 is 23.4 Å². The summed E-state index contributed by atoms with van der Waals surface area (Å²) in [4.78, 5) is 14.4. The Morgan fingerprint density at radius 2 is 2.10 bits per heavy atom. The fraction of sp³-hybridized carbons (Fsp3) is 0.526. The third kappa shape index (κ3) is 5.43. The molecule has 0 bridgehead atoms. The molecule has 1 unspecified atom stereocenters. The lowest BCUT2D eigenvalue weighted by atomic mass is 10.0. The Morgan fingerprint density at radius 1 is 1.31 bits per heavy atom. The number of aromatic nitrogens is 3. The predicted molar refractivity (Wildman–Crippen MR) is 106 cm³/mol. The minimum absolute atomic E-state index is 0.0915. The average Bonchev–Trinajstić information content (AvgIpc) is 3.04. The van der Waals surface area contributed by atoms with Gasteiger partial charge in [-0.1, -0.05) is 17.8 Å². The van der Waals surface area contributed by atoms with E-state index in [2.05, 4.69) is 22.4 Å². The van der Waals surface area contributed by atoms with Crippen molar-refractivity contribution in [3.05, 3.63) is 35.7 Å². The van der Waals surface area contributed by atoms with Gasteiger partial charge in [-0.05, 0) is 44.4 Å². The Bertz CT molecular complexity index is 855.